The molecule has 1 N–H and O–H groups in total. The summed E-state index contributed by atoms with van der Waals surface area (Å²) >= 11 is 1.25. The minimum Gasteiger partial charge on any atom is -0.488 e. The highest BCUT2D eigenvalue weighted by Gasteiger charge is 2.13. The molecule has 1 heterocycles. The van der Waals surface area contributed by atoms with Crippen LogP contribution < -0.4 is 10.2 Å². The lowest BCUT2D eigenvalue weighted by Gasteiger charge is -2.10. The van der Waals surface area contributed by atoms with Crippen LogP contribution in [0.5, 0.6) is 5.75 Å². The maximum absolute atomic E-state index is 12.5. The van der Waals surface area contributed by atoms with E-state index in [2.05, 4.69) is 34.8 Å². The average Bonchev–Trinajstić information content (AvgIpc) is 3.31. The standard InChI is InChI=1S/C27H19N3O4S/c31-27(26-15-22-14-23(30(32)33)11-12-25(22)35-26)29-28-16-21-7-3-4-8-24(21)34-17-18-9-10-19-5-1-2-6-20(19)13-18/h1-16H,17H2,(H,29,31). The van der Waals surface area contributed by atoms with Crippen molar-refractivity contribution in [2.75, 3.05) is 0 Å². The number of carbonyl (C=O) groups excluding carboxylic acids is 1. The van der Waals surface area contributed by atoms with Crippen LogP contribution in [0.15, 0.2) is 96.1 Å². The number of carbonyl (C=O) groups is 1. The highest BCUT2D eigenvalue weighted by molar-refractivity contribution is 7.20. The van der Waals surface area contributed by atoms with Crippen molar-refractivity contribution in [1.82, 2.24) is 5.43 Å². The van der Waals surface area contributed by atoms with Gasteiger partial charge in [-0.2, -0.15) is 5.10 Å². The van der Waals surface area contributed by atoms with Gasteiger partial charge in [-0.1, -0.05) is 48.5 Å². The molecule has 5 aromatic rings. The van der Waals surface area contributed by atoms with E-state index in [9.17, 15) is 14.9 Å². The molecule has 8 heteroatoms. The second-order valence-corrected chi connectivity index (χ2v) is 8.88. The molecular weight excluding hydrogens is 462 g/mol. The summed E-state index contributed by atoms with van der Waals surface area (Å²) in [4.78, 5) is 23.5. The zero-order valence-electron chi connectivity index (χ0n) is 18.4. The molecule has 0 saturated carbocycles. The first kappa shape index (κ1) is 22.2. The number of ether oxygens (including phenoxy) is 1. The van der Waals surface area contributed by atoms with Crippen LogP contribution in [0.1, 0.15) is 20.8 Å². The fourth-order valence-electron chi connectivity index (χ4n) is 3.68. The average molecular weight is 482 g/mol. The Morgan fingerprint density at radius 2 is 1.74 bits per heavy atom. The van der Waals surface area contributed by atoms with Gasteiger partial charge in [-0.15, -0.1) is 11.3 Å². The van der Waals surface area contributed by atoms with Crippen molar-refractivity contribution in [1.29, 1.82) is 0 Å². The minimum absolute atomic E-state index is 0.0134. The van der Waals surface area contributed by atoms with Crippen molar-refractivity contribution in [2.24, 2.45) is 5.10 Å². The normalized spacial score (nSPS) is 11.2. The van der Waals surface area contributed by atoms with Crippen LogP contribution in [0.3, 0.4) is 0 Å². The number of thiophene rings is 1. The maximum Gasteiger partial charge on any atom is 0.281 e. The molecule has 0 radical (unpaired) electrons. The molecule has 0 spiro atoms. The maximum atomic E-state index is 12.5. The van der Waals surface area contributed by atoms with Crippen LogP contribution in [-0.2, 0) is 6.61 Å². The van der Waals surface area contributed by atoms with E-state index in [0.29, 0.717) is 22.6 Å². The molecule has 0 atom stereocenters. The number of rotatable bonds is 7. The summed E-state index contributed by atoms with van der Waals surface area (Å²) in [5, 5.41) is 18.0. The van der Waals surface area contributed by atoms with E-state index in [1.807, 2.05) is 42.5 Å². The largest absolute Gasteiger partial charge is 0.488 e. The summed E-state index contributed by atoms with van der Waals surface area (Å²) < 4.78 is 6.82. The fourth-order valence-corrected chi connectivity index (χ4v) is 4.61. The highest BCUT2D eigenvalue weighted by atomic mass is 32.1. The quantitative estimate of drug-likeness (QED) is 0.168. The van der Waals surface area contributed by atoms with Crippen molar-refractivity contribution in [3.8, 4) is 5.75 Å². The molecular formula is C27H19N3O4S. The van der Waals surface area contributed by atoms with E-state index in [1.54, 1.807) is 12.1 Å². The molecule has 35 heavy (non-hydrogen) atoms. The second kappa shape index (κ2) is 9.74. The lowest BCUT2D eigenvalue weighted by atomic mass is 10.1. The topological polar surface area (TPSA) is 93.8 Å². The number of hydrogen-bond acceptors (Lipinski definition) is 6. The number of nitro benzene ring substituents is 1. The molecule has 0 aliphatic heterocycles. The van der Waals surface area contributed by atoms with E-state index >= 15 is 0 Å². The van der Waals surface area contributed by atoms with Crippen LogP contribution >= 0.6 is 11.3 Å². The predicted octanol–water partition coefficient (Wildman–Crippen LogP) is 6.31. The van der Waals surface area contributed by atoms with Crippen molar-refractivity contribution < 1.29 is 14.5 Å². The van der Waals surface area contributed by atoms with Gasteiger partial charge in [-0.3, -0.25) is 14.9 Å². The number of nitro groups is 1. The molecule has 7 nitrogen and oxygen atoms in total. The monoisotopic (exact) mass is 481 g/mol. The lowest BCUT2D eigenvalue weighted by molar-refractivity contribution is -0.384. The first-order valence-electron chi connectivity index (χ1n) is 10.8. The zero-order chi connectivity index (χ0) is 24.2. The Kier molecular flexibility index (Phi) is 6.19. The van der Waals surface area contributed by atoms with E-state index in [1.165, 1.54) is 35.1 Å². The van der Waals surface area contributed by atoms with Gasteiger partial charge >= 0.3 is 0 Å². The molecule has 0 saturated heterocycles. The van der Waals surface area contributed by atoms with Gasteiger partial charge in [-0.05, 0) is 46.7 Å². The van der Waals surface area contributed by atoms with Crippen molar-refractivity contribution in [2.45, 2.75) is 6.61 Å². The number of nitrogens with one attached hydrogen (secondary N) is 1. The molecule has 4 aromatic carbocycles. The second-order valence-electron chi connectivity index (χ2n) is 7.80. The van der Waals surface area contributed by atoms with Gasteiger partial charge in [-0.25, -0.2) is 5.43 Å². The fraction of sp³-hybridized carbons (Fsp3) is 0.0370. The number of hydrogen-bond donors (Lipinski definition) is 1. The highest BCUT2D eigenvalue weighted by Crippen LogP contribution is 2.29. The van der Waals surface area contributed by atoms with Crippen LogP contribution in [0.25, 0.3) is 20.9 Å². The summed E-state index contributed by atoms with van der Waals surface area (Å²) in [7, 11) is 0. The summed E-state index contributed by atoms with van der Waals surface area (Å²) in [6, 6.07) is 28.0. The summed E-state index contributed by atoms with van der Waals surface area (Å²) in [5.74, 6) is 0.257. The molecule has 1 amide bonds. The third-order valence-corrected chi connectivity index (χ3v) is 6.55. The Labute approximate surface area is 204 Å². The Morgan fingerprint density at radius 1 is 0.943 bits per heavy atom. The summed E-state index contributed by atoms with van der Waals surface area (Å²) in [5.41, 5.74) is 4.28. The van der Waals surface area contributed by atoms with Crippen LogP contribution in [0.2, 0.25) is 0 Å². The van der Waals surface area contributed by atoms with E-state index in [4.69, 9.17) is 4.74 Å². The van der Waals surface area contributed by atoms with Gasteiger partial charge in [0, 0.05) is 27.8 Å². The van der Waals surface area contributed by atoms with Crippen LogP contribution in [-0.4, -0.2) is 17.0 Å². The van der Waals surface area contributed by atoms with Gasteiger partial charge in [0.2, 0.25) is 0 Å². The van der Waals surface area contributed by atoms with Crippen molar-refractivity contribution in [3.63, 3.8) is 0 Å². The molecule has 0 aliphatic carbocycles. The number of para-hydroxylation sites is 1. The molecule has 1 aromatic heterocycles. The van der Waals surface area contributed by atoms with Gasteiger partial charge < -0.3 is 4.74 Å². The van der Waals surface area contributed by atoms with Crippen molar-refractivity contribution in [3.05, 3.63) is 117 Å². The number of hydrazone groups is 1. The van der Waals surface area contributed by atoms with Gasteiger partial charge in [0.15, 0.2) is 0 Å². The van der Waals surface area contributed by atoms with Gasteiger partial charge in [0.25, 0.3) is 11.6 Å². The number of non-ortho nitro benzene ring substituents is 1. The SMILES string of the molecule is O=C(NN=Cc1ccccc1OCc1ccc2ccccc2c1)c1cc2cc([N+](=O)[O-])ccc2s1. The molecule has 5 rings (SSSR count). The molecule has 0 unspecified atom stereocenters. The van der Waals surface area contributed by atoms with E-state index in [-0.39, 0.29) is 11.6 Å². The summed E-state index contributed by atoms with van der Waals surface area (Å²) in [6.07, 6.45) is 1.53. The zero-order valence-corrected chi connectivity index (χ0v) is 19.2. The Morgan fingerprint density at radius 3 is 2.60 bits per heavy atom. The van der Waals surface area contributed by atoms with E-state index < -0.39 is 4.92 Å². The van der Waals surface area contributed by atoms with E-state index in [0.717, 1.165) is 21.2 Å². The number of benzene rings is 4. The molecule has 172 valence electrons. The van der Waals surface area contributed by atoms with Crippen LogP contribution in [0, 0.1) is 10.1 Å². The van der Waals surface area contributed by atoms with Crippen LogP contribution in [0.4, 0.5) is 5.69 Å². The molecule has 0 bridgehead atoms. The minimum atomic E-state index is -0.458. The van der Waals surface area contributed by atoms with Crippen molar-refractivity contribution >= 4 is 50.0 Å². The Hall–Kier alpha value is -4.56. The number of nitrogens with zero attached hydrogens (tertiary/aromatic N) is 2. The summed E-state index contributed by atoms with van der Waals surface area (Å²) in [6.45, 7) is 0.399. The molecule has 0 fully saturated rings. The lowest BCUT2D eigenvalue weighted by Crippen LogP contribution is -2.16. The smallest absolute Gasteiger partial charge is 0.281 e. The third kappa shape index (κ3) is 5.02. The predicted molar refractivity (Wildman–Crippen MR) is 138 cm³/mol. The third-order valence-electron chi connectivity index (χ3n) is 5.43. The Balaban J connectivity index is 1.26. The first-order chi connectivity index (χ1) is 17.1. The Bertz CT molecular complexity index is 1590. The number of amides is 1. The first-order valence-corrected chi connectivity index (χ1v) is 11.6. The van der Waals surface area contributed by atoms with Gasteiger partial charge in [0.1, 0.15) is 12.4 Å². The molecule has 0 aliphatic rings. The number of fused-ring (bicyclic) bond motifs is 2. The van der Waals surface area contributed by atoms with Gasteiger partial charge in [0.05, 0.1) is 16.0 Å².